The van der Waals surface area contributed by atoms with Gasteiger partial charge < -0.3 is 15.0 Å². The molecule has 0 saturated heterocycles. The predicted octanol–water partition coefficient (Wildman–Crippen LogP) is 4.04. The van der Waals surface area contributed by atoms with Crippen LogP contribution in [-0.2, 0) is 0 Å². The number of carbonyl (C=O) groups excluding carboxylic acids is 1. The van der Waals surface area contributed by atoms with Crippen molar-refractivity contribution in [3.05, 3.63) is 69.8 Å². The standard InChI is InChI=1S/C20H17N3O3S/c21-10-1-2-11-26-15-6-3-5-14(13-15)22-19(24)16-8-9-17(23-20(16)25)18-7-4-12-27-18/h3-9,12-13H,1-2,11H2,(H,22,24)(H,23,25). The summed E-state index contributed by atoms with van der Waals surface area (Å²) in [5.41, 5.74) is 0.803. The number of ether oxygens (including phenoxy) is 1. The van der Waals surface area contributed by atoms with Crippen molar-refractivity contribution in [2.45, 2.75) is 12.8 Å². The third-order valence-corrected chi connectivity index (χ3v) is 4.64. The number of hydrogen-bond donors (Lipinski definition) is 2. The minimum absolute atomic E-state index is 0.0376. The molecule has 0 bridgehead atoms. The van der Waals surface area contributed by atoms with Gasteiger partial charge in [0.25, 0.3) is 11.5 Å². The van der Waals surface area contributed by atoms with E-state index in [1.165, 1.54) is 17.4 Å². The van der Waals surface area contributed by atoms with Gasteiger partial charge in [0.05, 0.1) is 23.2 Å². The minimum Gasteiger partial charge on any atom is -0.493 e. The molecule has 2 heterocycles. The number of hydrogen-bond acceptors (Lipinski definition) is 5. The SMILES string of the molecule is N#CCCCOc1cccc(NC(=O)c2ccc(-c3cccs3)[nH]c2=O)c1. The summed E-state index contributed by atoms with van der Waals surface area (Å²) in [6.45, 7) is 0.425. The third-order valence-electron chi connectivity index (χ3n) is 3.73. The molecular weight excluding hydrogens is 362 g/mol. The van der Waals surface area contributed by atoms with E-state index in [1.54, 1.807) is 30.3 Å². The summed E-state index contributed by atoms with van der Waals surface area (Å²) in [6, 6.07) is 16.0. The monoisotopic (exact) mass is 379 g/mol. The molecule has 7 heteroatoms. The molecule has 3 rings (SSSR count). The number of thiophene rings is 1. The van der Waals surface area contributed by atoms with Crippen LogP contribution in [-0.4, -0.2) is 17.5 Å². The van der Waals surface area contributed by atoms with Crippen LogP contribution in [0.5, 0.6) is 5.75 Å². The van der Waals surface area contributed by atoms with Gasteiger partial charge in [-0.25, -0.2) is 0 Å². The fourth-order valence-electron chi connectivity index (χ4n) is 2.43. The molecule has 1 aromatic carbocycles. The summed E-state index contributed by atoms with van der Waals surface area (Å²) in [5.74, 6) is 0.100. The highest BCUT2D eigenvalue weighted by Crippen LogP contribution is 2.22. The largest absolute Gasteiger partial charge is 0.493 e. The topological polar surface area (TPSA) is 95.0 Å². The predicted molar refractivity (Wildman–Crippen MR) is 105 cm³/mol. The second kappa shape index (κ2) is 8.83. The van der Waals surface area contributed by atoms with Gasteiger partial charge in [-0.15, -0.1) is 11.3 Å². The molecule has 136 valence electrons. The molecule has 0 aliphatic heterocycles. The number of unbranched alkanes of at least 4 members (excludes halogenated alkanes) is 1. The zero-order valence-electron chi connectivity index (χ0n) is 14.4. The molecule has 0 aliphatic carbocycles. The van der Waals surface area contributed by atoms with Crippen molar-refractivity contribution in [2.24, 2.45) is 0 Å². The number of aromatic amines is 1. The molecule has 0 saturated carbocycles. The summed E-state index contributed by atoms with van der Waals surface area (Å²) >= 11 is 1.51. The second-order valence-corrected chi connectivity index (χ2v) is 6.63. The average Bonchev–Trinajstić information content (AvgIpc) is 3.20. The fraction of sp³-hybridized carbons (Fsp3) is 0.150. The maximum atomic E-state index is 12.4. The molecule has 0 spiro atoms. The molecule has 0 aliphatic rings. The van der Waals surface area contributed by atoms with Crippen molar-refractivity contribution >= 4 is 22.9 Å². The van der Waals surface area contributed by atoms with Crippen molar-refractivity contribution in [2.75, 3.05) is 11.9 Å². The van der Waals surface area contributed by atoms with Crippen LogP contribution in [0.25, 0.3) is 10.6 Å². The highest BCUT2D eigenvalue weighted by Gasteiger charge is 2.12. The molecule has 2 N–H and O–H groups in total. The van der Waals surface area contributed by atoms with Gasteiger partial charge in [-0.1, -0.05) is 12.1 Å². The van der Waals surface area contributed by atoms with Crippen LogP contribution in [0.15, 0.2) is 58.7 Å². The van der Waals surface area contributed by atoms with E-state index in [-0.39, 0.29) is 5.56 Å². The van der Waals surface area contributed by atoms with E-state index in [9.17, 15) is 9.59 Å². The van der Waals surface area contributed by atoms with Crippen molar-refractivity contribution in [1.82, 2.24) is 4.98 Å². The summed E-state index contributed by atoms with van der Waals surface area (Å²) in [4.78, 5) is 28.4. The number of aromatic nitrogens is 1. The first-order valence-electron chi connectivity index (χ1n) is 8.36. The van der Waals surface area contributed by atoms with Crippen LogP contribution < -0.4 is 15.6 Å². The van der Waals surface area contributed by atoms with Gasteiger partial charge in [0, 0.05) is 18.2 Å². The molecule has 0 fully saturated rings. The van der Waals surface area contributed by atoms with E-state index >= 15 is 0 Å². The number of rotatable bonds is 7. The molecule has 0 radical (unpaired) electrons. The number of carbonyl (C=O) groups is 1. The van der Waals surface area contributed by atoms with Crippen LogP contribution >= 0.6 is 11.3 Å². The highest BCUT2D eigenvalue weighted by molar-refractivity contribution is 7.13. The van der Waals surface area contributed by atoms with Gasteiger partial charge in [0.1, 0.15) is 11.3 Å². The summed E-state index contributed by atoms with van der Waals surface area (Å²) < 4.78 is 5.55. The smallest absolute Gasteiger partial charge is 0.261 e. The fourth-order valence-corrected chi connectivity index (χ4v) is 3.14. The number of nitrogens with zero attached hydrogens (tertiary/aromatic N) is 1. The number of pyridine rings is 1. The third kappa shape index (κ3) is 4.84. The van der Waals surface area contributed by atoms with Gasteiger partial charge in [0.2, 0.25) is 0 Å². The summed E-state index contributed by atoms with van der Waals surface area (Å²) in [5, 5.41) is 13.2. The molecular formula is C20H17N3O3S. The van der Waals surface area contributed by atoms with Gasteiger partial charge in [-0.2, -0.15) is 5.26 Å². The van der Waals surface area contributed by atoms with E-state index in [0.29, 0.717) is 36.6 Å². The quantitative estimate of drug-likeness (QED) is 0.606. The maximum absolute atomic E-state index is 12.4. The first-order valence-corrected chi connectivity index (χ1v) is 9.24. The maximum Gasteiger partial charge on any atom is 0.261 e. The normalized spacial score (nSPS) is 10.2. The Morgan fingerprint density at radius 2 is 2.11 bits per heavy atom. The Hall–Kier alpha value is -3.37. The summed E-state index contributed by atoms with van der Waals surface area (Å²) in [6.07, 6.45) is 1.07. The number of H-pyrrole nitrogens is 1. The highest BCUT2D eigenvalue weighted by atomic mass is 32.1. The van der Waals surface area contributed by atoms with Crippen molar-refractivity contribution in [3.8, 4) is 22.4 Å². The van der Waals surface area contributed by atoms with Crippen LogP contribution in [0.4, 0.5) is 5.69 Å². The van der Waals surface area contributed by atoms with E-state index < -0.39 is 11.5 Å². The van der Waals surface area contributed by atoms with Crippen molar-refractivity contribution < 1.29 is 9.53 Å². The van der Waals surface area contributed by atoms with Gasteiger partial charge in [-0.3, -0.25) is 9.59 Å². The molecule has 27 heavy (non-hydrogen) atoms. The molecule has 1 amide bonds. The molecule has 2 aromatic heterocycles. The Morgan fingerprint density at radius 3 is 2.85 bits per heavy atom. The zero-order chi connectivity index (χ0) is 19.1. The Kier molecular flexibility index (Phi) is 6.02. The van der Waals surface area contributed by atoms with Gasteiger partial charge in [-0.05, 0) is 42.1 Å². The van der Waals surface area contributed by atoms with Crippen LogP contribution in [0.3, 0.4) is 0 Å². The first-order chi connectivity index (χ1) is 13.2. The van der Waals surface area contributed by atoms with Crippen LogP contribution in [0.1, 0.15) is 23.2 Å². The van der Waals surface area contributed by atoms with Crippen LogP contribution in [0, 0.1) is 11.3 Å². The lowest BCUT2D eigenvalue weighted by molar-refractivity contribution is 0.102. The number of benzene rings is 1. The van der Waals surface area contributed by atoms with E-state index in [0.717, 1.165) is 4.88 Å². The number of nitriles is 1. The van der Waals surface area contributed by atoms with E-state index in [4.69, 9.17) is 10.00 Å². The minimum atomic E-state index is -0.490. The Morgan fingerprint density at radius 1 is 1.22 bits per heavy atom. The molecule has 3 aromatic rings. The molecule has 0 unspecified atom stereocenters. The Labute approximate surface area is 160 Å². The Balaban J connectivity index is 1.68. The lowest BCUT2D eigenvalue weighted by atomic mass is 10.2. The number of nitrogens with one attached hydrogen (secondary N) is 2. The lowest BCUT2D eigenvalue weighted by Gasteiger charge is -2.09. The second-order valence-electron chi connectivity index (χ2n) is 5.68. The zero-order valence-corrected chi connectivity index (χ0v) is 15.2. The van der Waals surface area contributed by atoms with E-state index in [2.05, 4.69) is 16.4 Å². The summed E-state index contributed by atoms with van der Waals surface area (Å²) in [7, 11) is 0. The van der Waals surface area contributed by atoms with E-state index in [1.807, 2.05) is 17.5 Å². The van der Waals surface area contributed by atoms with Gasteiger partial charge >= 0.3 is 0 Å². The number of amides is 1. The molecule has 0 atom stereocenters. The molecule has 6 nitrogen and oxygen atoms in total. The Bertz CT molecular complexity index is 1020. The number of anilines is 1. The lowest BCUT2D eigenvalue weighted by Crippen LogP contribution is -2.23. The average molecular weight is 379 g/mol. The van der Waals surface area contributed by atoms with Crippen molar-refractivity contribution in [1.29, 1.82) is 5.26 Å². The van der Waals surface area contributed by atoms with Crippen molar-refractivity contribution in [3.63, 3.8) is 0 Å². The first kappa shape index (κ1) is 18.4. The van der Waals surface area contributed by atoms with Crippen LogP contribution in [0.2, 0.25) is 0 Å². The van der Waals surface area contributed by atoms with Gasteiger partial charge in [0.15, 0.2) is 0 Å².